The Morgan fingerprint density at radius 2 is 2.04 bits per heavy atom. The standard InChI is InChI=1S/C18H25ClN4O2/c1-4-15-13(16(5-2)25-23-15)12-22-18(20-3)21-10-11-24-17-9-7-6-8-14(17)19/h6-9H,4-5,10-12H2,1-3H3,(H2,20,21,22). The summed E-state index contributed by atoms with van der Waals surface area (Å²) in [6.07, 6.45) is 1.67. The van der Waals surface area contributed by atoms with Gasteiger partial charge in [0.25, 0.3) is 0 Å². The number of guanidine groups is 1. The van der Waals surface area contributed by atoms with Gasteiger partial charge in [-0.25, -0.2) is 0 Å². The molecule has 1 aromatic carbocycles. The van der Waals surface area contributed by atoms with Crippen molar-refractivity contribution >= 4 is 17.6 Å². The first-order valence-corrected chi connectivity index (χ1v) is 8.85. The largest absolute Gasteiger partial charge is 0.490 e. The summed E-state index contributed by atoms with van der Waals surface area (Å²) in [7, 11) is 1.74. The van der Waals surface area contributed by atoms with Crippen molar-refractivity contribution in [2.75, 3.05) is 20.2 Å². The predicted molar refractivity (Wildman–Crippen MR) is 100 cm³/mol. The molecule has 0 radical (unpaired) electrons. The van der Waals surface area contributed by atoms with Crippen molar-refractivity contribution in [3.8, 4) is 5.75 Å². The molecule has 0 atom stereocenters. The van der Waals surface area contributed by atoms with Crippen LogP contribution in [0.3, 0.4) is 0 Å². The van der Waals surface area contributed by atoms with Crippen LogP contribution >= 0.6 is 11.6 Å². The average Bonchev–Trinajstić information content (AvgIpc) is 3.04. The van der Waals surface area contributed by atoms with Crippen LogP contribution in [-0.4, -0.2) is 31.3 Å². The molecule has 0 fully saturated rings. The van der Waals surface area contributed by atoms with Crippen LogP contribution in [0, 0.1) is 0 Å². The van der Waals surface area contributed by atoms with Crippen LogP contribution in [0.2, 0.25) is 5.02 Å². The maximum Gasteiger partial charge on any atom is 0.191 e. The van der Waals surface area contributed by atoms with E-state index >= 15 is 0 Å². The van der Waals surface area contributed by atoms with E-state index in [-0.39, 0.29) is 0 Å². The molecule has 0 amide bonds. The molecule has 1 heterocycles. The highest BCUT2D eigenvalue weighted by atomic mass is 35.5. The molecule has 25 heavy (non-hydrogen) atoms. The van der Waals surface area contributed by atoms with E-state index in [1.54, 1.807) is 13.1 Å². The normalized spacial score (nSPS) is 11.4. The summed E-state index contributed by atoms with van der Waals surface area (Å²) < 4.78 is 11.0. The molecule has 136 valence electrons. The van der Waals surface area contributed by atoms with Gasteiger partial charge < -0.3 is 19.9 Å². The van der Waals surface area contributed by atoms with Crippen molar-refractivity contribution in [2.24, 2.45) is 4.99 Å². The van der Waals surface area contributed by atoms with Crippen molar-refractivity contribution in [3.05, 3.63) is 46.3 Å². The fourth-order valence-corrected chi connectivity index (χ4v) is 2.61. The van der Waals surface area contributed by atoms with Crippen LogP contribution in [0.1, 0.15) is 30.9 Å². The predicted octanol–water partition coefficient (Wildman–Crippen LogP) is 3.20. The Morgan fingerprint density at radius 1 is 1.24 bits per heavy atom. The zero-order valence-corrected chi connectivity index (χ0v) is 15.7. The molecule has 0 spiro atoms. The Labute approximate surface area is 153 Å². The zero-order chi connectivity index (χ0) is 18.1. The van der Waals surface area contributed by atoms with Gasteiger partial charge in [0.1, 0.15) is 18.1 Å². The molecule has 0 aliphatic heterocycles. The van der Waals surface area contributed by atoms with Gasteiger partial charge in [-0.2, -0.15) is 0 Å². The minimum Gasteiger partial charge on any atom is -0.490 e. The van der Waals surface area contributed by atoms with E-state index in [0.717, 1.165) is 29.9 Å². The third-order valence-corrected chi connectivity index (χ3v) is 4.06. The maximum absolute atomic E-state index is 6.06. The van der Waals surface area contributed by atoms with Gasteiger partial charge in [-0.1, -0.05) is 42.7 Å². The second kappa shape index (κ2) is 9.93. The smallest absolute Gasteiger partial charge is 0.191 e. The molecule has 0 bridgehead atoms. The Hall–Kier alpha value is -2.21. The number of nitrogens with zero attached hydrogens (tertiary/aromatic N) is 2. The molecule has 2 N–H and O–H groups in total. The first-order valence-electron chi connectivity index (χ1n) is 8.47. The number of aliphatic imine (C=N–C) groups is 1. The summed E-state index contributed by atoms with van der Waals surface area (Å²) in [5, 5.41) is 11.2. The molecule has 7 heteroatoms. The number of halogens is 1. The highest BCUT2D eigenvalue weighted by Gasteiger charge is 2.13. The van der Waals surface area contributed by atoms with Crippen LogP contribution in [0.15, 0.2) is 33.8 Å². The van der Waals surface area contributed by atoms with Crippen LogP contribution in [0.4, 0.5) is 0 Å². The fraction of sp³-hybridized carbons (Fsp3) is 0.444. The summed E-state index contributed by atoms with van der Waals surface area (Å²) in [5.41, 5.74) is 2.10. The van der Waals surface area contributed by atoms with Crippen molar-refractivity contribution in [1.29, 1.82) is 0 Å². The SMILES string of the molecule is CCc1noc(CC)c1CNC(=NC)NCCOc1ccccc1Cl. The van der Waals surface area contributed by atoms with Crippen molar-refractivity contribution in [1.82, 2.24) is 15.8 Å². The highest BCUT2D eigenvalue weighted by molar-refractivity contribution is 6.32. The molecule has 6 nitrogen and oxygen atoms in total. The summed E-state index contributed by atoms with van der Waals surface area (Å²) >= 11 is 6.06. The number of nitrogens with one attached hydrogen (secondary N) is 2. The Morgan fingerprint density at radius 3 is 2.72 bits per heavy atom. The van der Waals surface area contributed by atoms with Gasteiger partial charge in [0.05, 0.1) is 17.3 Å². The monoisotopic (exact) mass is 364 g/mol. The third kappa shape index (κ3) is 5.39. The van der Waals surface area contributed by atoms with E-state index in [0.29, 0.717) is 36.4 Å². The molecule has 0 saturated carbocycles. The Bertz CT molecular complexity index is 679. The number of aryl methyl sites for hydroxylation is 2. The fourth-order valence-electron chi connectivity index (χ4n) is 2.42. The number of benzene rings is 1. The number of ether oxygens (including phenoxy) is 1. The quantitative estimate of drug-likeness (QED) is 0.427. The molecule has 2 rings (SSSR count). The van der Waals surface area contributed by atoms with Crippen LogP contribution < -0.4 is 15.4 Å². The van der Waals surface area contributed by atoms with Crippen molar-refractivity contribution in [3.63, 3.8) is 0 Å². The average molecular weight is 365 g/mol. The lowest BCUT2D eigenvalue weighted by atomic mass is 10.1. The lowest BCUT2D eigenvalue weighted by molar-refractivity contribution is 0.322. The van der Waals surface area contributed by atoms with Gasteiger partial charge >= 0.3 is 0 Å². The van der Waals surface area contributed by atoms with Gasteiger partial charge in [0.15, 0.2) is 5.96 Å². The number of para-hydroxylation sites is 1. The molecule has 0 aliphatic carbocycles. The molecular formula is C18H25ClN4O2. The maximum atomic E-state index is 6.06. The molecule has 1 aromatic heterocycles. The topological polar surface area (TPSA) is 71.7 Å². The number of aromatic nitrogens is 1. The van der Waals surface area contributed by atoms with E-state index in [1.165, 1.54) is 0 Å². The third-order valence-electron chi connectivity index (χ3n) is 3.75. The first kappa shape index (κ1) is 19.1. The van der Waals surface area contributed by atoms with E-state index in [4.69, 9.17) is 20.9 Å². The lowest BCUT2D eigenvalue weighted by Gasteiger charge is -2.13. The van der Waals surface area contributed by atoms with Gasteiger partial charge in [-0.15, -0.1) is 0 Å². The number of hydrogen-bond donors (Lipinski definition) is 2. The summed E-state index contributed by atoms with van der Waals surface area (Å²) in [6, 6.07) is 7.42. The van der Waals surface area contributed by atoms with Gasteiger partial charge in [0.2, 0.25) is 0 Å². The molecule has 2 aromatic rings. The van der Waals surface area contributed by atoms with E-state index < -0.39 is 0 Å². The second-order valence-corrected chi connectivity index (χ2v) is 5.78. The van der Waals surface area contributed by atoms with E-state index in [2.05, 4.69) is 34.6 Å². The van der Waals surface area contributed by atoms with Crippen LogP contribution in [0.25, 0.3) is 0 Å². The van der Waals surface area contributed by atoms with Crippen molar-refractivity contribution in [2.45, 2.75) is 33.2 Å². The Kier molecular flexibility index (Phi) is 7.60. The molecule has 0 saturated heterocycles. The molecular weight excluding hydrogens is 340 g/mol. The summed E-state index contributed by atoms with van der Waals surface area (Å²) in [5.74, 6) is 2.30. The Balaban J connectivity index is 1.79. The minimum absolute atomic E-state index is 0.484. The summed E-state index contributed by atoms with van der Waals surface area (Å²) in [4.78, 5) is 4.22. The lowest BCUT2D eigenvalue weighted by Crippen LogP contribution is -2.39. The van der Waals surface area contributed by atoms with Crippen LogP contribution in [0.5, 0.6) is 5.75 Å². The van der Waals surface area contributed by atoms with Crippen molar-refractivity contribution < 1.29 is 9.26 Å². The minimum atomic E-state index is 0.484. The van der Waals surface area contributed by atoms with Gasteiger partial charge in [0, 0.05) is 25.6 Å². The highest BCUT2D eigenvalue weighted by Crippen LogP contribution is 2.22. The van der Waals surface area contributed by atoms with Gasteiger partial charge in [-0.3, -0.25) is 4.99 Å². The molecule has 0 unspecified atom stereocenters. The molecule has 0 aliphatic rings. The van der Waals surface area contributed by atoms with Crippen LogP contribution in [-0.2, 0) is 19.4 Å². The zero-order valence-electron chi connectivity index (χ0n) is 14.9. The second-order valence-electron chi connectivity index (χ2n) is 5.37. The number of hydrogen-bond acceptors (Lipinski definition) is 4. The summed E-state index contributed by atoms with van der Waals surface area (Å²) in [6.45, 7) is 5.84. The van der Waals surface area contributed by atoms with Gasteiger partial charge in [-0.05, 0) is 18.6 Å². The first-order chi connectivity index (χ1) is 12.2. The van der Waals surface area contributed by atoms with E-state index in [1.807, 2.05) is 18.2 Å². The number of rotatable bonds is 8. The van der Waals surface area contributed by atoms with E-state index in [9.17, 15) is 0 Å².